The maximum absolute atomic E-state index is 12.5. The quantitative estimate of drug-likeness (QED) is 0.546. The smallest absolute Gasteiger partial charge is 0.343 e. The van der Waals surface area contributed by atoms with Crippen LogP contribution < -0.4 is 10.0 Å². The summed E-state index contributed by atoms with van der Waals surface area (Å²) >= 11 is 6.28. The van der Waals surface area contributed by atoms with E-state index in [0.717, 1.165) is 5.56 Å². The molecule has 0 bridgehead atoms. The van der Waals surface area contributed by atoms with E-state index in [1.165, 1.54) is 16.9 Å². The van der Waals surface area contributed by atoms with Crippen LogP contribution in [0.25, 0.3) is 5.65 Å². The Labute approximate surface area is 173 Å². The second-order valence-electron chi connectivity index (χ2n) is 6.09. The van der Waals surface area contributed by atoms with Crippen LogP contribution in [0.4, 0.5) is 11.5 Å². The first-order valence-corrected chi connectivity index (χ1v) is 10.7. The van der Waals surface area contributed by atoms with Gasteiger partial charge < -0.3 is 10.1 Å². The molecule has 0 saturated heterocycles. The van der Waals surface area contributed by atoms with Crippen LogP contribution in [0, 0.1) is 6.92 Å². The summed E-state index contributed by atoms with van der Waals surface area (Å²) in [7, 11) is -3.81. The summed E-state index contributed by atoms with van der Waals surface area (Å²) in [5, 5.41) is 7.63. The number of esters is 1. The normalized spacial score (nSPS) is 11.6. The van der Waals surface area contributed by atoms with Crippen LogP contribution in [-0.2, 0) is 14.8 Å². The highest BCUT2D eigenvalue weighted by molar-refractivity contribution is 7.89. The van der Waals surface area contributed by atoms with Crippen molar-refractivity contribution in [2.75, 3.05) is 18.5 Å². The van der Waals surface area contributed by atoms with Crippen molar-refractivity contribution in [1.29, 1.82) is 0 Å². The molecule has 0 saturated carbocycles. The Hall–Kier alpha value is -2.69. The number of fused-ring (bicyclic) bond motifs is 1. The molecular weight excluding hydrogens is 418 g/mol. The predicted octanol–water partition coefficient (Wildman–Crippen LogP) is 2.91. The van der Waals surface area contributed by atoms with Gasteiger partial charge in [0.1, 0.15) is 10.5 Å². The van der Waals surface area contributed by atoms with Crippen LogP contribution in [0.15, 0.2) is 35.5 Å². The standard InChI is InChI=1S/C18H20ClN5O4S/c1-4-22-29(26,27)15-10-21-24-16(23-14-8-11(3)6-7-13(14)19)12(9-20-17(15)24)18(25)28-5-2/h6-10,22-23H,4-5H2,1-3H3. The summed E-state index contributed by atoms with van der Waals surface area (Å²) in [6, 6.07) is 5.35. The third kappa shape index (κ3) is 4.19. The fourth-order valence-corrected chi connectivity index (χ4v) is 3.97. The largest absolute Gasteiger partial charge is 0.462 e. The highest BCUT2D eigenvalue weighted by Crippen LogP contribution is 2.30. The molecular formula is C18H20ClN5O4S. The predicted molar refractivity (Wildman–Crippen MR) is 109 cm³/mol. The summed E-state index contributed by atoms with van der Waals surface area (Å²) < 4.78 is 33.7. The molecule has 1 aromatic carbocycles. The maximum Gasteiger partial charge on any atom is 0.343 e. The fraction of sp³-hybridized carbons (Fsp3) is 0.278. The summed E-state index contributed by atoms with van der Waals surface area (Å²) in [6.45, 7) is 5.63. The molecule has 0 fully saturated rings. The van der Waals surface area contributed by atoms with E-state index in [1.807, 2.05) is 13.0 Å². The third-order valence-corrected chi connectivity index (χ3v) is 5.85. The molecule has 0 aliphatic rings. The molecule has 3 aromatic rings. The van der Waals surface area contributed by atoms with Gasteiger partial charge in [0.15, 0.2) is 11.5 Å². The van der Waals surface area contributed by atoms with Crippen molar-refractivity contribution in [3.63, 3.8) is 0 Å². The summed E-state index contributed by atoms with van der Waals surface area (Å²) in [6.07, 6.45) is 2.43. The number of carbonyl (C=O) groups excluding carboxylic acids is 1. The number of aryl methyl sites for hydroxylation is 1. The van der Waals surface area contributed by atoms with Gasteiger partial charge in [0.25, 0.3) is 0 Å². The number of benzene rings is 1. The van der Waals surface area contributed by atoms with Crippen molar-refractivity contribution < 1.29 is 17.9 Å². The molecule has 0 radical (unpaired) electrons. The minimum Gasteiger partial charge on any atom is -0.462 e. The number of hydrogen-bond donors (Lipinski definition) is 2. The van der Waals surface area contributed by atoms with Crippen LogP contribution >= 0.6 is 11.6 Å². The lowest BCUT2D eigenvalue weighted by Crippen LogP contribution is -2.23. The number of halogens is 1. The topological polar surface area (TPSA) is 115 Å². The minimum atomic E-state index is -3.81. The lowest BCUT2D eigenvalue weighted by molar-refractivity contribution is 0.0526. The lowest BCUT2D eigenvalue weighted by Gasteiger charge is -2.14. The average molecular weight is 438 g/mol. The van der Waals surface area contributed by atoms with Crippen molar-refractivity contribution in [1.82, 2.24) is 19.3 Å². The number of rotatable bonds is 7. The van der Waals surface area contributed by atoms with E-state index >= 15 is 0 Å². The molecule has 0 aliphatic heterocycles. The molecule has 0 atom stereocenters. The molecule has 0 unspecified atom stereocenters. The minimum absolute atomic E-state index is 0.0604. The second-order valence-corrected chi connectivity index (χ2v) is 8.24. The molecule has 0 spiro atoms. The number of anilines is 2. The second kappa shape index (κ2) is 8.36. The zero-order valence-electron chi connectivity index (χ0n) is 16.1. The highest BCUT2D eigenvalue weighted by atomic mass is 35.5. The van der Waals surface area contributed by atoms with Crippen LogP contribution in [0.3, 0.4) is 0 Å². The number of nitrogens with one attached hydrogen (secondary N) is 2. The molecule has 0 amide bonds. The number of nitrogens with zero attached hydrogens (tertiary/aromatic N) is 3. The Bertz CT molecular complexity index is 1180. The van der Waals surface area contributed by atoms with Crippen molar-refractivity contribution >= 4 is 44.7 Å². The summed E-state index contributed by atoms with van der Waals surface area (Å²) in [5.41, 5.74) is 1.62. The first-order chi connectivity index (χ1) is 13.8. The zero-order valence-corrected chi connectivity index (χ0v) is 17.6. The number of ether oxygens (including phenoxy) is 1. The van der Waals surface area contributed by atoms with E-state index in [9.17, 15) is 13.2 Å². The van der Waals surface area contributed by atoms with E-state index in [1.54, 1.807) is 26.0 Å². The van der Waals surface area contributed by atoms with Crippen LogP contribution in [-0.4, -0.2) is 42.1 Å². The monoisotopic (exact) mass is 437 g/mol. The lowest BCUT2D eigenvalue weighted by atomic mass is 10.2. The molecule has 2 heterocycles. The number of sulfonamides is 1. The molecule has 2 aromatic heterocycles. The molecule has 3 rings (SSSR count). The van der Waals surface area contributed by atoms with Crippen molar-refractivity contribution in [3.05, 3.63) is 46.7 Å². The number of aromatic nitrogens is 3. The van der Waals surface area contributed by atoms with Gasteiger partial charge in [-0.05, 0) is 31.5 Å². The molecule has 11 heteroatoms. The molecule has 154 valence electrons. The first-order valence-electron chi connectivity index (χ1n) is 8.85. The van der Waals surface area contributed by atoms with Crippen LogP contribution in [0.2, 0.25) is 5.02 Å². The van der Waals surface area contributed by atoms with Crippen molar-refractivity contribution in [2.24, 2.45) is 0 Å². The SMILES string of the molecule is CCNS(=O)(=O)c1cnn2c(Nc3cc(C)ccc3Cl)c(C(=O)OCC)cnc12. The Morgan fingerprint density at radius 3 is 2.72 bits per heavy atom. The maximum atomic E-state index is 12.5. The average Bonchev–Trinajstić information content (AvgIpc) is 3.10. The Balaban J connectivity index is 2.23. The van der Waals surface area contributed by atoms with Crippen LogP contribution in [0.1, 0.15) is 29.8 Å². The van der Waals surface area contributed by atoms with Gasteiger partial charge in [0.05, 0.1) is 23.5 Å². The van der Waals surface area contributed by atoms with E-state index in [2.05, 4.69) is 20.1 Å². The third-order valence-electron chi connectivity index (χ3n) is 3.99. The van der Waals surface area contributed by atoms with Gasteiger partial charge >= 0.3 is 5.97 Å². The number of carbonyl (C=O) groups is 1. The highest BCUT2D eigenvalue weighted by Gasteiger charge is 2.25. The van der Waals surface area contributed by atoms with Gasteiger partial charge in [-0.25, -0.2) is 22.9 Å². The van der Waals surface area contributed by atoms with Gasteiger partial charge in [-0.15, -0.1) is 0 Å². The summed E-state index contributed by atoms with van der Waals surface area (Å²) in [5.74, 6) is -0.432. The molecule has 2 N–H and O–H groups in total. The zero-order chi connectivity index (χ0) is 21.2. The number of hydrogen-bond acceptors (Lipinski definition) is 7. The van der Waals surface area contributed by atoms with E-state index in [4.69, 9.17) is 16.3 Å². The first kappa shape index (κ1) is 21.0. The van der Waals surface area contributed by atoms with E-state index in [0.29, 0.717) is 10.7 Å². The van der Waals surface area contributed by atoms with Gasteiger partial charge in [0.2, 0.25) is 10.0 Å². The van der Waals surface area contributed by atoms with E-state index in [-0.39, 0.29) is 35.1 Å². The van der Waals surface area contributed by atoms with E-state index < -0.39 is 16.0 Å². The fourth-order valence-electron chi connectivity index (χ4n) is 2.71. The molecule has 0 aliphatic carbocycles. The van der Waals surface area contributed by atoms with Gasteiger partial charge in [-0.3, -0.25) is 0 Å². The van der Waals surface area contributed by atoms with Crippen molar-refractivity contribution in [3.8, 4) is 0 Å². The Morgan fingerprint density at radius 1 is 1.28 bits per heavy atom. The van der Waals surface area contributed by atoms with Crippen LogP contribution in [0.5, 0.6) is 0 Å². The van der Waals surface area contributed by atoms with Crippen molar-refractivity contribution in [2.45, 2.75) is 25.7 Å². The Kier molecular flexibility index (Phi) is 6.06. The summed E-state index contributed by atoms with van der Waals surface area (Å²) in [4.78, 5) is 16.5. The van der Waals surface area contributed by atoms with Gasteiger partial charge in [0, 0.05) is 12.7 Å². The van der Waals surface area contributed by atoms with Gasteiger partial charge in [-0.1, -0.05) is 24.6 Å². The van der Waals surface area contributed by atoms with Gasteiger partial charge in [-0.2, -0.15) is 9.61 Å². The molecule has 29 heavy (non-hydrogen) atoms. The molecule has 9 nitrogen and oxygen atoms in total. The Morgan fingerprint density at radius 2 is 2.03 bits per heavy atom.